The topological polar surface area (TPSA) is 229 Å². The van der Waals surface area contributed by atoms with Gasteiger partial charge in [-0.1, -0.05) is 12.2 Å². The number of thiol groups is 1. The summed E-state index contributed by atoms with van der Waals surface area (Å²) in [5.41, 5.74) is 12.4. The molecule has 0 saturated carbocycles. The largest absolute Gasteiger partial charge is 0.386 e. The van der Waals surface area contributed by atoms with Crippen LogP contribution in [0.4, 0.5) is 20.4 Å². The molecule has 18 nitrogen and oxygen atoms in total. The molecule has 0 radical (unpaired) electrons. The highest BCUT2D eigenvalue weighted by Crippen LogP contribution is 2.57. The third-order valence-electron chi connectivity index (χ3n) is 7.11. The molecule has 4 aromatic heterocycles. The van der Waals surface area contributed by atoms with Gasteiger partial charge in [0.15, 0.2) is 47.7 Å². The van der Waals surface area contributed by atoms with E-state index in [1.54, 1.807) is 0 Å². The maximum absolute atomic E-state index is 15.9. The van der Waals surface area contributed by atoms with Gasteiger partial charge in [0.2, 0.25) is 0 Å². The van der Waals surface area contributed by atoms with E-state index in [0.29, 0.717) is 0 Å². The smallest absolute Gasteiger partial charge is 0.382 e. The highest BCUT2D eigenvalue weighted by atomic mass is 32.7. The van der Waals surface area contributed by atoms with Gasteiger partial charge in [0.1, 0.15) is 48.1 Å². The molecular weight excluding hydrogens is 640 g/mol. The average Bonchev–Trinajstić information content (AvgIpc) is 3.73. The standard InChI is InChI=1S/C20H22F2N10O8P2S/c21-9-13-8(38-19(9)31-5-29-11-15(23)25-3-27-17(11)31)2-36-42(34,43)40-14-7(1-35-41(33)39-13)37-20(10(14)22)32-6-30-12-16(24)26-4-28-18(12)32/h3-10,13-14,19-20,41H,1-2H2,(H,34,43)(H2,23,25,27)(H2,24,26,28)/t7-,8-,9-,10-,13-,14-,19-,20-,42+/m1/s1. The molecule has 4 N–H and O–H groups in total. The Morgan fingerprint density at radius 3 is 1.98 bits per heavy atom. The third kappa shape index (κ3) is 5.07. The number of halogens is 2. The first kappa shape index (κ1) is 28.9. The summed E-state index contributed by atoms with van der Waals surface area (Å²) < 4.78 is 93.6. The molecule has 0 amide bonds. The minimum absolute atomic E-state index is 0.0621. The van der Waals surface area contributed by atoms with E-state index in [2.05, 4.69) is 42.2 Å². The fourth-order valence-corrected chi connectivity index (χ4v) is 7.49. The van der Waals surface area contributed by atoms with Crippen LogP contribution in [-0.4, -0.2) is 89.0 Å². The quantitative estimate of drug-likeness (QED) is 0.204. The normalized spacial score (nSPS) is 37.1. The lowest BCUT2D eigenvalue weighted by atomic mass is 10.1. The Balaban J connectivity index is 1.14. The van der Waals surface area contributed by atoms with Gasteiger partial charge in [0.05, 0.1) is 25.9 Å². The second-order valence-electron chi connectivity index (χ2n) is 9.66. The molecule has 0 aromatic carbocycles. The second-order valence-corrected chi connectivity index (χ2v) is 13.6. The molecule has 1 unspecified atom stereocenters. The van der Waals surface area contributed by atoms with E-state index < -0.39 is 77.5 Å². The fourth-order valence-electron chi connectivity index (χ4n) is 5.13. The number of fused-ring (bicyclic) bond motifs is 4. The summed E-state index contributed by atoms with van der Waals surface area (Å²) in [6, 6.07) is 0. The first-order valence-corrected chi connectivity index (χ1v) is 16.5. The molecule has 0 spiro atoms. The van der Waals surface area contributed by atoms with Crippen LogP contribution in [0, 0.1) is 0 Å². The van der Waals surface area contributed by atoms with Crippen LogP contribution in [0.3, 0.4) is 0 Å². The van der Waals surface area contributed by atoms with E-state index in [-0.39, 0.29) is 34.0 Å². The van der Waals surface area contributed by atoms with Crippen LogP contribution in [0.25, 0.3) is 22.3 Å². The van der Waals surface area contributed by atoms with Crippen molar-refractivity contribution in [2.45, 2.75) is 49.2 Å². The number of imidazole rings is 2. The SMILES string of the molecule is Nc1ncnc2c1ncn2[C@@H]1O[C@@H]2CO[P@](=O)(S)O[C@H]3[C@@H](F)[C@H](n4cnc5c(N)ncnc54)O[C@@H]3CO[PH](=O)O[C@H]2[C@H]1F. The van der Waals surface area contributed by atoms with Crippen LogP contribution in [0.15, 0.2) is 25.3 Å². The van der Waals surface area contributed by atoms with Crippen molar-refractivity contribution in [2.75, 3.05) is 24.7 Å². The van der Waals surface area contributed by atoms with Crippen LogP contribution < -0.4 is 11.5 Å². The molecule has 3 aliphatic heterocycles. The van der Waals surface area contributed by atoms with Gasteiger partial charge < -0.3 is 30.0 Å². The molecule has 7 heterocycles. The van der Waals surface area contributed by atoms with Gasteiger partial charge in [-0.2, -0.15) is 0 Å². The van der Waals surface area contributed by atoms with Gasteiger partial charge in [-0.15, -0.1) is 0 Å². The van der Waals surface area contributed by atoms with E-state index in [4.69, 9.17) is 39.0 Å². The Labute approximate surface area is 245 Å². The van der Waals surface area contributed by atoms with E-state index in [0.717, 1.165) is 0 Å². The molecule has 7 rings (SSSR count). The maximum Gasteiger partial charge on any atom is 0.386 e. The predicted octanol–water partition coefficient (Wildman–Crippen LogP) is 1.55. The second kappa shape index (κ2) is 10.9. The van der Waals surface area contributed by atoms with E-state index in [1.807, 2.05) is 0 Å². The number of hydrogen-bond acceptors (Lipinski definition) is 16. The molecule has 3 saturated heterocycles. The molecule has 0 aliphatic carbocycles. The summed E-state index contributed by atoms with van der Waals surface area (Å²) in [6.45, 7) is -5.52. The Kier molecular flexibility index (Phi) is 7.34. The van der Waals surface area contributed by atoms with Crippen LogP contribution in [-0.2, 0) is 36.7 Å². The third-order valence-corrected chi connectivity index (χ3v) is 9.59. The van der Waals surface area contributed by atoms with Crippen LogP contribution in [0.2, 0.25) is 0 Å². The average molecular weight is 662 g/mol. The first-order valence-electron chi connectivity index (χ1n) is 12.6. The number of ether oxygens (including phenoxy) is 2. The fraction of sp³-hybridized carbons (Fsp3) is 0.500. The summed E-state index contributed by atoms with van der Waals surface area (Å²) in [7, 11) is -3.44. The lowest BCUT2D eigenvalue weighted by Crippen LogP contribution is -2.36. The Morgan fingerprint density at radius 2 is 1.40 bits per heavy atom. The molecule has 3 fully saturated rings. The lowest BCUT2D eigenvalue weighted by molar-refractivity contribution is -0.0539. The molecule has 230 valence electrons. The van der Waals surface area contributed by atoms with E-state index in [1.165, 1.54) is 34.4 Å². The summed E-state index contributed by atoms with van der Waals surface area (Å²) >= 11 is 3.99. The number of hydrogen-bond donors (Lipinski definition) is 3. The Bertz CT molecular complexity index is 1770. The van der Waals surface area contributed by atoms with Crippen molar-refractivity contribution < 1.29 is 45.5 Å². The number of nitrogen functional groups attached to an aromatic ring is 2. The minimum Gasteiger partial charge on any atom is -0.382 e. The van der Waals surface area contributed by atoms with Crippen molar-refractivity contribution in [1.29, 1.82) is 0 Å². The van der Waals surface area contributed by atoms with Gasteiger partial charge >= 0.3 is 15.1 Å². The maximum atomic E-state index is 15.9. The zero-order valence-corrected chi connectivity index (χ0v) is 24.3. The van der Waals surface area contributed by atoms with Gasteiger partial charge in [-0.25, -0.2) is 43.2 Å². The van der Waals surface area contributed by atoms with Crippen LogP contribution in [0.1, 0.15) is 12.5 Å². The number of nitrogens with two attached hydrogens (primary N) is 2. The molecule has 3 aliphatic rings. The van der Waals surface area contributed by atoms with Crippen molar-refractivity contribution in [2.24, 2.45) is 0 Å². The zero-order valence-electron chi connectivity index (χ0n) is 21.5. The number of alkyl halides is 2. The predicted molar refractivity (Wildman–Crippen MR) is 144 cm³/mol. The molecule has 23 heteroatoms. The molecular formula is C20H22F2N10O8P2S. The van der Waals surface area contributed by atoms with E-state index in [9.17, 15) is 9.13 Å². The molecule has 4 aromatic rings. The van der Waals surface area contributed by atoms with Gasteiger partial charge in [-0.3, -0.25) is 22.7 Å². The molecule has 43 heavy (non-hydrogen) atoms. The van der Waals surface area contributed by atoms with Crippen molar-refractivity contribution in [3.8, 4) is 0 Å². The van der Waals surface area contributed by atoms with Gasteiger partial charge in [0, 0.05) is 0 Å². The summed E-state index contributed by atoms with van der Waals surface area (Å²) in [5.74, 6) is 0.127. The number of rotatable bonds is 2. The number of aromatic nitrogens is 8. The number of anilines is 2. The van der Waals surface area contributed by atoms with Crippen molar-refractivity contribution in [3.05, 3.63) is 25.3 Å². The Morgan fingerprint density at radius 1 is 0.860 bits per heavy atom. The highest BCUT2D eigenvalue weighted by molar-refractivity contribution is 8.44. The zero-order chi connectivity index (χ0) is 30.0. The summed E-state index contributed by atoms with van der Waals surface area (Å²) in [4.78, 5) is 24.0. The first-order chi connectivity index (χ1) is 20.6. The summed E-state index contributed by atoms with van der Waals surface area (Å²) in [5, 5.41) is 0. The number of nitrogens with zero attached hydrogens (tertiary/aromatic N) is 8. The van der Waals surface area contributed by atoms with Crippen LogP contribution >= 0.6 is 27.3 Å². The minimum atomic E-state index is -4.35. The van der Waals surface area contributed by atoms with Gasteiger partial charge in [0.25, 0.3) is 0 Å². The van der Waals surface area contributed by atoms with Crippen molar-refractivity contribution >= 4 is 61.3 Å². The summed E-state index contributed by atoms with van der Waals surface area (Å²) in [6.07, 6.45) is -7.59. The van der Waals surface area contributed by atoms with Crippen molar-refractivity contribution in [3.63, 3.8) is 0 Å². The van der Waals surface area contributed by atoms with Crippen LogP contribution in [0.5, 0.6) is 0 Å². The van der Waals surface area contributed by atoms with Crippen molar-refractivity contribution in [1.82, 2.24) is 39.0 Å². The monoisotopic (exact) mass is 662 g/mol. The Hall–Kier alpha value is -2.87. The lowest BCUT2D eigenvalue weighted by Gasteiger charge is -2.26. The highest BCUT2D eigenvalue weighted by Gasteiger charge is 2.53. The molecule has 10 atom stereocenters. The molecule has 0 bridgehead atoms. The van der Waals surface area contributed by atoms with Gasteiger partial charge in [-0.05, 0) is 0 Å². The van der Waals surface area contributed by atoms with E-state index >= 15 is 8.78 Å².